The second-order valence-corrected chi connectivity index (χ2v) is 9.36. The molecule has 1 amide bonds. The molecular formula is C26H32N6O2. The van der Waals surface area contributed by atoms with Gasteiger partial charge in [-0.25, -0.2) is 4.98 Å². The number of carbonyl (C=O) groups is 1. The smallest absolute Gasteiger partial charge is 0.229 e. The lowest BCUT2D eigenvalue weighted by molar-refractivity contribution is -0.114. The highest BCUT2D eigenvalue weighted by molar-refractivity contribution is 5.95. The van der Waals surface area contributed by atoms with Crippen molar-refractivity contribution in [3.63, 3.8) is 0 Å². The van der Waals surface area contributed by atoms with Crippen molar-refractivity contribution in [2.24, 2.45) is 0 Å². The third-order valence-corrected chi connectivity index (χ3v) is 6.63. The molecule has 2 N–H and O–H groups in total. The van der Waals surface area contributed by atoms with Gasteiger partial charge in [0.1, 0.15) is 5.82 Å². The number of fused-ring (bicyclic) bond motifs is 1. The van der Waals surface area contributed by atoms with Crippen LogP contribution in [-0.4, -0.2) is 46.7 Å². The normalized spacial score (nSPS) is 19.2. The second kappa shape index (κ2) is 9.93. The zero-order valence-electron chi connectivity index (χ0n) is 19.9. The van der Waals surface area contributed by atoms with Gasteiger partial charge in [0, 0.05) is 25.7 Å². The molecule has 8 heteroatoms. The van der Waals surface area contributed by atoms with Crippen LogP contribution in [0.3, 0.4) is 0 Å². The molecule has 2 aromatic heterocycles. The Morgan fingerprint density at radius 3 is 2.62 bits per heavy atom. The Morgan fingerprint density at radius 2 is 1.88 bits per heavy atom. The van der Waals surface area contributed by atoms with Gasteiger partial charge in [0.2, 0.25) is 11.9 Å². The van der Waals surface area contributed by atoms with Crippen LogP contribution in [0.2, 0.25) is 0 Å². The van der Waals surface area contributed by atoms with Gasteiger partial charge in [-0.15, -0.1) is 0 Å². The summed E-state index contributed by atoms with van der Waals surface area (Å²) in [7, 11) is 0. The molecule has 1 saturated heterocycles. The summed E-state index contributed by atoms with van der Waals surface area (Å²) in [5.41, 5.74) is 3.58. The zero-order valence-corrected chi connectivity index (χ0v) is 19.9. The molecule has 178 valence electrons. The summed E-state index contributed by atoms with van der Waals surface area (Å²) in [5, 5.41) is 7.05. The molecule has 1 aliphatic heterocycles. The SMILES string of the molecule is CC(=O)Nc1cnc2nc(N3CCOC(C)C3)nc(Nc3ccc(C4CCCCC4)cc3)c2c1. The number of aromatic nitrogens is 3. The van der Waals surface area contributed by atoms with Crippen molar-refractivity contribution in [3.8, 4) is 0 Å². The largest absolute Gasteiger partial charge is 0.375 e. The topological polar surface area (TPSA) is 92.3 Å². The van der Waals surface area contributed by atoms with Crippen LogP contribution in [0, 0.1) is 0 Å². The molecule has 3 aromatic rings. The number of hydrogen-bond donors (Lipinski definition) is 2. The molecule has 2 aliphatic rings. The predicted molar refractivity (Wildman–Crippen MR) is 135 cm³/mol. The highest BCUT2D eigenvalue weighted by Crippen LogP contribution is 2.34. The van der Waals surface area contributed by atoms with E-state index in [1.54, 1.807) is 6.20 Å². The van der Waals surface area contributed by atoms with E-state index in [0.717, 1.165) is 24.2 Å². The van der Waals surface area contributed by atoms with Crippen molar-refractivity contribution in [1.29, 1.82) is 0 Å². The van der Waals surface area contributed by atoms with Crippen molar-refractivity contribution in [2.75, 3.05) is 35.2 Å². The fourth-order valence-corrected chi connectivity index (χ4v) is 4.92. The summed E-state index contributed by atoms with van der Waals surface area (Å²) in [5.74, 6) is 1.82. The first-order chi connectivity index (χ1) is 16.5. The van der Waals surface area contributed by atoms with Crippen LogP contribution >= 0.6 is 0 Å². The van der Waals surface area contributed by atoms with Gasteiger partial charge in [0.05, 0.1) is 30.0 Å². The van der Waals surface area contributed by atoms with Gasteiger partial charge >= 0.3 is 0 Å². The number of pyridine rings is 1. The van der Waals surface area contributed by atoms with Crippen LogP contribution in [-0.2, 0) is 9.53 Å². The minimum atomic E-state index is -0.145. The van der Waals surface area contributed by atoms with E-state index in [1.807, 2.05) is 6.07 Å². The van der Waals surface area contributed by atoms with Crippen LogP contribution in [0.25, 0.3) is 11.0 Å². The van der Waals surface area contributed by atoms with Gasteiger partial charge in [0.25, 0.3) is 0 Å². The minimum Gasteiger partial charge on any atom is -0.375 e. The monoisotopic (exact) mass is 460 g/mol. The highest BCUT2D eigenvalue weighted by Gasteiger charge is 2.21. The summed E-state index contributed by atoms with van der Waals surface area (Å²) in [6.07, 6.45) is 8.31. The van der Waals surface area contributed by atoms with Crippen molar-refractivity contribution in [2.45, 2.75) is 58.0 Å². The van der Waals surface area contributed by atoms with E-state index >= 15 is 0 Å². The molecule has 5 rings (SSSR count). The molecule has 0 spiro atoms. The van der Waals surface area contributed by atoms with Gasteiger partial charge in [-0.05, 0) is 49.4 Å². The number of anilines is 4. The first kappa shape index (κ1) is 22.5. The molecule has 8 nitrogen and oxygen atoms in total. The Morgan fingerprint density at radius 1 is 1.09 bits per heavy atom. The van der Waals surface area contributed by atoms with Gasteiger partial charge in [-0.1, -0.05) is 31.4 Å². The number of rotatable bonds is 5. The molecule has 3 heterocycles. The Bertz CT molecular complexity index is 1160. The molecule has 1 aromatic carbocycles. The van der Waals surface area contributed by atoms with Gasteiger partial charge < -0.3 is 20.3 Å². The van der Waals surface area contributed by atoms with Crippen LogP contribution in [0.15, 0.2) is 36.5 Å². The average Bonchev–Trinajstić information content (AvgIpc) is 2.85. The molecule has 2 fully saturated rings. The van der Waals surface area contributed by atoms with E-state index in [4.69, 9.17) is 14.7 Å². The van der Waals surface area contributed by atoms with Crippen LogP contribution < -0.4 is 15.5 Å². The van der Waals surface area contributed by atoms with E-state index in [-0.39, 0.29) is 12.0 Å². The first-order valence-electron chi connectivity index (χ1n) is 12.2. The minimum absolute atomic E-state index is 0.117. The number of ether oxygens (including phenoxy) is 1. The summed E-state index contributed by atoms with van der Waals surface area (Å²) in [4.78, 5) is 27.8. The standard InChI is InChI=1S/C26H32N6O2/c1-17-16-32(12-13-34-17)26-30-24-23(14-22(15-27-24)28-18(2)33)25(31-26)29-21-10-8-20(9-11-21)19-6-4-3-5-7-19/h8-11,14-15,17,19H,3-7,12-13,16H2,1-2H3,(H,28,33)(H,27,29,30,31). The second-order valence-electron chi connectivity index (χ2n) is 9.36. The molecule has 1 aliphatic carbocycles. The lowest BCUT2D eigenvalue weighted by Gasteiger charge is -2.31. The number of amides is 1. The lowest BCUT2D eigenvalue weighted by atomic mass is 9.84. The van der Waals surface area contributed by atoms with E-state index in [2.05, 4.69) is 51.7 Å². The molecule has 34 heavy (non-hydrogen) atoms. The quantitative estimate of drug-likeness (QED) is 0.553. The number of morpholine rings is 1. The van der Waals surface area contributed by atoms with E-state index in [9.17, 15) is 4.79 Å². The van der Waals surface area contributed by atoms with Crippen LogP contribution in [0.1, 0.15) is 57.4 Å². The number of nitrogens with one attached hydrogen (secondary N) is 2. The number of benzene rings is 1. The number of carbonyl (C=O) groups excluding carboxylic acids is 1. The van der Waals surface area contributed by atoms with Crippen LogP contribution in [0.5, 0.6) is 0 Å². The fraction of sp³-hybridized carbons (Fsp3) is 0.462. The van der Waals surface area contributed by atoms with E-state index in [0.29, 0.717) is 35.6 Å². The number of nitrogens with zero attached hydrogens (tertiary/aromatic N) is 4. The third kappa shape index (κ3) is 5.12. The first-order valence-corrected chi connectivity index (χ1v) is 12.2. The van der Waals surface area contributed by atoms with E-state index in [1.165, 1.54) is 44.6 Å². The summed E-state index contributed by atoms with van der Waals surface area (Å²) in [6, 6.07) is 10.6. The summed E-state index contributed by atoms with van der Waals surface area (Å²) < 4.78 is 5.69. The van der Waals surface area contributed by atoms with Crippen molar-refractivity contribution < 1.29 is 9.53 Å². The number of hydrogen-bond acceptors (Lipinski definition) is 7. The maximum atomic E-state index is 11.6. The molecule has 1 atom stereocenters. The van der Waals surface area contributed by atoms with Gasteiger partial charge in [-0.2, -0.15) is 9.97 Å². The van der Waals surface area contributed by atoms with Crippen molar-refractivity contribution in [1.82, 2.24) is 15.0 Å². The zero-order chi connectivity index (χ0) is 23.5. The maximum absolute atomic E-state index is 11.6. The molecule has 0 radical (unpaired) electrons. The molecule has 1 unspecified atom stereocenters. The van der Waals surface area contributed by atoms with Gasteiger partial charge in [0.15, 0.2) is 5.65 Å². The molecule has 1 saturated carbocycles. The maximum Gasteiger partial charge on any atom is 0.229 e. The summed E-state index contributed by atoms with van der Waals surface area (Å²) in [6.45, 7) is 5.64. The predicted octanol–water partition coefficient (Wildman–Crippen LogP) is 5.00. The Hall–Kier alpha value is -3.26. The Labute approximate surface area is 200 Å². The van der Waals surface area contributed by atoms with E-state index < -0.39 is 0 Å². The van der Waals surface area contributed by atoms with Gasteiger partial charge in [-0.3, -0.25) is 4.79 Å². The third-order valence-electron chi connectivity index (χ3n) is 6.63. The van der Waals surface area contributed by atoms with Crippen molar-refractivity contribution in [3.05, 3.63) is 42.1 Å². The molecular weight excluding hydrogens is 428 g/mol. The molecule has 0 bridgehead atoms. The highest BCUT2D eigenvalue weighted by atomic mass is 16.5. The Kier molecular flexibility index (Phi) is 6.58. The fourth-order valence-electron chi connectivity index (χ4n) is 4.92. The summed E-state index contributed by atoms with van der Waals surface area (Å²) >= 11 is 0. The van der Waals surface area contributed by atoms with Crippen LogP contribution in [0.4, 0.5) is 23.1 Å². The average molecular weight is 461 g/mol. The Balaban J connectivity index is 1.48. The van der Waals surface area contributed by atoms with Crippen molar-refractivity contribution >= 4 is 40.1 Å². The lowest BCUT2D eigenvalue weighted by Crippen LogP contribution is -2.42.